The third-order valence-corrected chi connectivity index (χ3v) is 7.63. The number of nitrogens with zero attached hydrogens (tertiary/aromatic N) is 3. The van der Waals surface area contributed by atoms with Crippen LogP contribution in [0.2, 0.25) is 0 Å². The molecule has 0 bridgehead atoms. The predicted molar refractivity (Wildman–Crippen MR) is 133 cm³/mol. The molecule has 0 radical (unpaired) electrons. The predicted octanol–water partition coefficient (Wildman–Crippen LogP) is 3.90. The van der Waals surface area contributed by atoms with Crippen molar-refractivity contribution in [2.45, 2.75) is 63.5 Å². The van der Waals surface area contributed by atoms with Crippen LogP contribution in [0.15, 0.2) is 53.8 Å². The molecule has 2 unspecified atom stereocenters. The van der Waals surface area contributed by atoms with Gasteiger partial charge in [0.1, 0.15) is 5.75 Å². The maximum atomic E-state index is 13.6. The van der Waals surface area contributed by atoms with E-state index in [1.807, 2.05) is 26.8 Å². The summed E-state index contributed by atoms with van der Waals surface area (Å²) in [5.41, 5.74) is 6.85. The SMILES string of the molecule is CC1[C@H](C(c2cccnc2)N2C(=O)CC(C)(C)N=C2N)[C@H]1C(=O)N[C@H]1C[C@@H](C(F)(F)F)Oc2ccccc21. The van der Waals surface area contributed by atoms with Crippen molar-refractivity contribution in [1.29, 1.82) is 0 Å². The molecule has 0 saturated heterocycles. The molecule has 8 nitrogen and oxygen atoms in total. The van der Waals surface area contributed by atoms with E-state index in [-0.39, 0.29) is 41.8 Å². The number of amides is 2. The monoisotopic (exact) mass is 529 g/mol. The fourth-order valence-corrected chi connectivity index (χ4v) is 5.79. The highest BCUT2D eigenvalue weighted by molar-refractivity contribution is 5.99. The van der Waals surface area contributed by atoms with Gasteiger partial charge in [0, 0.05) is 30.3 Å². The minimum Gasteiger partial charge on any atom is -0.480 e. The number of fused-ring (bicyclic) bond motifs is 1. The Labute approximate surface area is 218 Å². The fraction of sp³-hybridized carbons (Fsp3) is 0.481. The number of nitrogens with one attached hydrogen (secondary N) is 1. The van der Waals surface area contributed by atoms with Crippen LogP contribution in [0.1, 0.15) is 56.8 Å². The molecule has 0 spiro atoms. The Kier molecular flexibility index (Phi) is 6.35. The zero-order chi connectivity index (χ0) is 27.4. The van der Waals surface area contributed by atoms with Crippen molar-refractivity contribution in [2.24, 2.45) is 28.5 Å². The van der Waals surface area contributed by atoms with Gasteiger partial charge in [-0.25, -0.2) is 4.99 Å². The quantitative estimate of drug-likeness (QED) is 0.611. The minimum atomic E-state index is -4.57. The number of aliphatic imine (C=N–C) groups is 1. The third kappa shape index (κ3) is 4.81. The molecule has 202 valence electrons. The number of benzene rings is 1. The Morgan fingerprint density at radius 2 is 1.97 bits per heavy atom. The summed E-state index contributed by atoms with van der Waals surface area (Å²) in [6.45, 7) is 5.54. The number of nitrogens with two attached hydrogens (primary N) is 1. The summed E-state index contributed by atoms with van der Waals surface area (Å²) in [4.78, 5) is 36.9. The highest BCUT2D eigenvalue weighted by Crippen LogP contribution is 2.56. The van der Waals surface area contributed by atoms with Crippen LogP contribution in [0.4, 0.5) is 13.2 Å². The van der Waals surface area contributed by atoms with Crippen LogP contribution < -0.4 is 15.8 Å². The molecule has 3 heterocycles. The molecule has 1 aromatic carbocycles. The number of guanidine groups is 1. The first-order chi connectivity index (χ1) is 17.9. The second kappa shape index (κ2) is 9.28. The largest absolute Gasteiger partial charge is 0.480 e. The van der Waals surface area contributed by atoms with Gasteiger partial charge in [0.05, 0.1) is 24.0 Å². The van der Waals surface area contributed by atoms with Crippen molar-refractivity contribution in [1.82, 2.24) is 15.2 Å². The van der Waals surface area contributed by atoms with Gasteiger partial charge in [0.2, 0.25) is 11.8 Å². The van der Waals surface area contributed by atoms with E-state index in [4.69, 9.17) is 10.5 Å². The number of hydrogen-bond donors (Lipinski definition) is 2. The van der Waals surface area contributed by atoms with Crippen LogP contribution in [0.3, 0.4) is 0 Å². The summed E-state index contributed by atoms with van der Waals surface area (Å²) in [6, 6.07) is 8.52. The van der Waals surface area contributed by atoms with E-state index >= 15 is 0 Å². The van der Waals surface area contributed by atoms with Gasteiger partial charge >= 0.3 is 6.18 Å². The first kappa shape index (κ1) is 26.0. The number of para-hydroxylation sites is 1. The summed E-state index contributed by atoms with van der Waals surface area (Å²) in [6.07, 6.45) is -3.63. The maximum Gasteiger partial charge on any atom is 0.425 e. The molecular weight excluding hydrogens is 499 g/mol. The van der Waals surface area contributed by atoms with Gasteiger partial charge in [-0.05, 0) is 43.4 Å². The van der Waals surface area contributed by atoms with Gasteiger partial charge in [-0.2, -0.15) is 13.2 Å². The lowest BCUT2D eigenvalue weighted by atomic mass is 9.94. The number of aromatic nitrogens is 1. The number of rotatable bonds is 5. The minimum absolute atomic E-state index is 0.0738. The lowest BCUT2D eigenvalue weighted by molar-refractivity contribution is -0.201. The molecule has 2 amide bonds. The zero-order valence-corrected chi connectivity index (χ0v) is 21.3. The molecule has 1 fully saturated rings. The van der Waals surface area contributed by atoms with E-state index in [9.17, 15) is 22.8 Å². The molecule has 1 aromatic heterocycles. The highest BCUT2D eigenvalue weighted by atomic mass is 19.4. The van der Waals surface area contributed by atoms with Crippen LogP contribution in [0.25, 0.3) is 0 Å². The van der Waals surface area contributed by atoms with Gasteiger partial charge in [0.25, 0.3) is 0 Å². The van der Waals surface area contributed by atoms with Crippen LogP contribution >= 0.6 is 0 Å². The van der Waals surface area contributed by atoms with Crippen molar-refractivity contribution in [3.05, 3.63) is 59.9 Å². The van der Waals surface area contributed by atoms with Crippen molar-refractivity contribution >= 4 is 17.8 Å². The summed E-state index contributed by atoms with van der Waals surface area (Å²) in [5.74, 6) is -1.44. The molecule has 3 N–H and O–H groups in total. The Bertz CT molecular complexity index is 1270. The Morgan fingerprint density at radius 1 is 1.24 bits per heavy atom. The third-order valence-electron chi connectivity index (χ3n) is 7.63. The van der Waals surface area contributed by atoms with E-state index in [0.717, 1.165) is 0 Å². The molecule has 3 aliphatic rings. The van der Waals surface area contributed by atoms with E-state index in [1.165, 1.54) is 11.0 Å². The summed E-state index contributed by atoms with van der Waals surface area (Å²) < 4.78 is 45.9. The Balaban J connectivity index is 1.42. The first-order valence-corrected chi connectivity index (χ1v) is 12.6. The van der Waals surface area contributed by atoms with E-state index in [0.29, 0.717) is 11.1 Å². The molecule has 38 heavy (non-hydrogen) atoms. The molecule has 1 saturated carbocycles. The van der Waals surface area contributed by atoms with Crippen LogP contribution in [-0.2, 0) is 9.59 Å². The number of ether oxygens (including phenoxy) is 1. The van der Waals surface area contributed by atoms with Crippen LogP contribution in [0, 0.1) is 17.8 Å². The standard InChI is InChI=1S/C27H30F3N5O3/c1-14-21(23(15-7-6-10-32-13-15)35-20(36)12-26(2,3)34-25(35)31)22(14)24(37)33-17-11-19(27(28,29)30)38-18-9-5-4-8-16(17)18/h4-10,13-14,17,19,21-23H,11-12H2,1-3H3,(H2,31,34)(H,33,37)/t14?,17-,19-,21-,22-,23?/m0/s1. The number of alkyl halides is 3. The van der Waals surface area contributed by atoms with Crippen molar-refractivity contribution < 1.29 is 27.5 Å². The molecule has 6 atom stereocenters. The lowest BCUT2D eigenvalue weighted by Gasteiger charge is -2.38. The highest BCUT2D eigenvalue weighted by Gasteiger charge is 2.59. The van der Waals surface area contributed by atoms with E-state index in [2.05, 4.69) is 15.3 Å². The van der Waals surface area contributed by atoms with Crippen LogP contribution in [0.5, 0.6) is 5.75 Å². The van der Waals surface area contributed by atoms with Gasteiger partial charge in [-0.15, -0.1) is 0 Å². The second-order valence-electron chi connectivity index (χ2n) is 10.9. The van der Waals surface area contributed by atoms with Gasteiger partial charge in [-0.1, -0.05) is 31.2 Å². The van der Waals surface area contributed by atoms with Crippen molar-refractivity contribution in [3.8, 4) is 5.75 Å². The van der Waals surface area contributed by atoms with Crippen molar-refractivity contribution in [2.75, 3.05) is 0 Å². The fourth-order valence-electron chi connectivity index (χ4n) is 5.79. The van der Waals surface area contributed by atoms with Gasteiger partial charge < -0.3 is 15.8 Å². The molecule has 2 aromatic rings. The molecular formula is C27H30F3N5O3. The molecule has 2 aliphatic heterocycles. The average Bonchev–Trinajstić information content (AvgIpc) is 3.50. The van der Waals surface area contributed by atoms with Crippen LogP contribution in [-0.4, -0.2) is 45.5 Å². The van der Waals surface area contributed by atoms with Gasteiger partial charge in [0.15, 0.2) is 12.1 Å². The number of hydrogen-bond acceptors (Lipinski definition) is 6. The Hall–Kier alpha value is -3.63. The lowest BCUT2D eigenvalue weighted by Crippen LogP contribution is -2.52. The maximum absolute atomic E-state index is 13.6. The smallest absolute Gasteiger partial charge is 0.425 e. The Morgan fingerprint density at radius 3 is 2.63 bits per heavy atom. The van der Waals surface area contributed by atoms with E-state index in [1.54, 1.807) is 36.7 Å². The molecule has 11 heteroatoms. The summed E-state index contributed by atoms with van der Waals surface area (Å²) in [5, 5.41) is 2.84. The number of halogens is 3. The topological polar surface area (TPSA) is 110 Å². The first-order valence-electron chi connectivity index (χ1n) is 12.6. The molecule has 5 rings (SSSR count). The molecule has 1 aliphatic carbocycles. The second-order valence-corrected chi connectivity index (χ2v) is 10.9. The average molecular weight is 530 g/mol. The number of carbonyl (C=O) groups is 2. The summed E-state index contributed by atoms with van der Waals surface area (Å²) in [7, 11) is 0. The normalized spacial score (nSPS) is 29.0. The zero-order valence-electron chi connectivity index (χ0n) is 21.3. The number of carbonyl (C=O) groups excluding carboxylic acids is 2. The van der Waals surface area contributed by atoms with Crippen molar-refractivity contribution in [3.63, 3.8) is 0 Å². The van der Waals surface area contributed by atoms with Gasteiger partial charge in [-0.3, -0.25) is 19.5 Å². The summed E-state index contributed by atoms with van der Waals surface area (Å²) >= 11 is 0. The van der Waals surface area contributed by atoms with E-state index < -0.39 is 42.2 Å². The number of pyridine rings is 1.